The fourth-order valence-electron chi connectivity index (χ4n) is 2.93. The molecular weight excluding hydrogens is 497 g/mol. The van der Waals surface area contributed by atoms with Crippen molar-refractivity contribution < 1.29 is 4.79 Å². The van der Waals surface area contributed by atoms with Gasteiger partial charge in [-0.15, -0.1) is 17.3 Å². The molecule has 0 saturated heterocycles. The van der Waals surface area contributed by atoms with Crippen LogP contribution in [0, 0.1) is 4.91 Å². The lowest BCUT2D eigenvalue weighted by Crippen LogP contribution is -2.35. The Morgan fingerprint density at radius 1 is 1.13 bits per heavy atom. The quantitative estimate of drug-likeness (QED) is 0.251. The molecular formula is C21H26Cl3N3O2S2. The highest BCUT2D eigenvalue weighted by molar-refractivity contribution is 8.13. The van der Waals surface area contributed by atoms with Gasteiger partial charge in [0.15, 0.2) is 5.12 Å². The van der Waals surface area contributed by atoms with Gasteiger partial charge >= 0.3 is 0 Å². The minimum atomic E-state index is -0.254. The minimum Gasteiger partial charge on any atom is -0.353 e. The highest BCUT2D eigenvalue weighted by atomic mass is 35.5. The number of hydrogen-bond donors (Lipinski definition) is 1. The summed E-state index contributed by atoms with van der Waals surface area (Å²) in [6.07, 6.45) is 0.302. The van der Waals surface area contributed by atoms with Gasteiger partial charge in [0, 0.05) is 52.2 Å². The molecule has 2 rings (SSSR count). The molecule has 170 valence electrons. The Bertz CT molecular complexity index is 864. The largest absolute Gasteiger partial charge is 0.353 e. The molecule has 0 aliphatic rings. The number of rotatable bonds is 11. The van der Waals surface area contributed by atoms with Crippen LogP contribution in [-0.4, -0.2) is 40.7 Å². The summed E-state index contributed by atoms with van der Waals surface area (Å²) < 4.78 is 2.67. The molecule has 0 spiro atoms. The summed E-state index contributed by atoms with van der Waals surface area (Å²) in [6, 6.07) is 12.9. The van der Waals surface area contributed by atoms with Crippen LogP contribution in [0.15, 0.2) is 47.0 Å². The highest BCUT2D eigenvalue weighted by Crippen LogP contribution is 2.34. The predicted molar refractivity (Wildman–Crippen MR) is 140 cm³/mol. The van der Waals surface area contributed by atoms with Crippen molar-refractivity contribution in [2.45, 2.75) is 25.0 Å². The first-order valence-electron chi connectivity index (χ1n) is 9.36. The Kier molecular flexibility index (Phi) is 12.3. The highest BCUT2D eigenvalue weighted by Gasteiger charge is 2.22. The molecule has 5 nitrogen and oxygen atoms in total. The van der Waals surface area contributed by atoms with Crippen LogP contribution in [0.5, 0.6) is 0 Å². The van der Waals surface area contributed by atoms with Crippen LogP contribution in [0.25, 0.3) is 0 Å². The third kappa shape index (κ3) is 9.60. The Hall–Kier alpha value is -0.960. The maximum absolute atomic E-state index is 12.5. The number of halogens is 3. The molecule has 0 unspecified atom stereocenters. The van der Waals surface area contributed by atoms with E-state index in [9.17, 15) is 9.70 Å². The van der Waals surface area contributed by atoms with Crippen LogP contribution in [0.1, 0.15) is 19.4 Å². The van der Waals surface area contributed by atoms with Crippen LogP contribution in [0.2, 0.25) is 10.0 Å². The second-order valence-corrected chi connectivity index (χ2v) is 10.8. The molecule has 0 aliphatic carbocycles. The second kappa shape index (κ2) is 13.6. The van der Waals surface area contributed by atoms with Gasteiger partial charge in [-0.2, -0.15) is 0 Å². The number of para-hydroxylation sites is 2. The van der Waals surface area contributed by atoms with Gasteiger partial charge in [-0.3, -0.25) is 4.79 Å². The average Bonchev–Trinajstić information content (AvgIpc) is 2.65. The molecule has 2 aromatic carbocycles. The summed E-state index contributed by atoms with van der Waals surface area (Å²) in [5.41, 5.74) is 2.31. The maximum Gasteiger partial charge on any atom is 0.193 e. The number of nitroso groups, excluding NO2 is 1. The van der Waals surface area contributed by atoms with Crippen molar-refractivity contribution in [2.75, 3.05) is 31.2 Å². The Morgan fingerprint density at radius 3 is 2.42 bits per heavy atom. The van der Waals surface area contributed by atoms with E-state index in [0.717, 1.165) is 29.7 Å². The van der Waals surface area contributed by atoms with Crippen LogP contribution in [0.3, 0.4) is 0 Å². The molecule has 0 amide bonds. The number of benzene rings is 2. The molecule has 0 aromatic heterocycles. The zero-order chi connectivity index (χ0) is 22.1. The summed E-state index contributed by atoms with van der Waals surface area (Å²) in [6.45, 7) is 5.41. The first-order chi connectivity index (χ1) is 14.2. The molecule has 0 atom stereocenters. The summed E-state index contributed by atoms with van der Waals surface area (Å²) >= 11 is 14.9. The normalized spacial score (nSPS) is 11.2. The monoisotopic (exact) mass is 521 g/mol. The molecule has 0 saturated carbocycles. The van der Waals surface area contributed by atoms with Crippen molar-refractivity contribution in [3.05, 3.63) is 63.0 Å². The maximum atomic E-state index is 12.5. The fraction of sp³-hybridized carbons (Fsp3) is 0.381. The number of anilines is 2. The number of hydrogen-bond acceptors (Lipinski definition) is 7. The molecule has 31 heavy (non-hydrogen) atoms. The van der Waals surface area contributed by atoms with Crippen molar-refractivity contribution in [1.82, 2.24) is 4.90 Å². The topological polar surface area (TPSA) is 61.8 Å². The van der Waals surface area contributed by atoms with E-state index in [1.165, 1.54) is 11.8 Å². The van der Waals surface area contributed by atoms with Gasteiger partial charge in [0.25, 0.3) is 0 Å². The third-order valence-electron chi connectivity index (χ3n) is 4.25. The van der Waals surface area contributed by atoms with Crippen LogP contribution >= 0.6 is 59.3 Å². The van der Waals surface area contributed by atoms with Gasteiger partial charge in [-0.25, -0.2) is 0 Å². The van der Waals surface area contributed by atoms with Crippen molar-refractivity contribution in [2.24, 2.45) is 4.58 Å². The van der Waals surface area contributed by atoms with Gasteiger partial charge in [0.2, 0.25) is 0 Å². The third-order valence-corrected chi connectivity index (χ3v) is 6.43. The van der Waals surface area contributed by atoms with E-state index < -0.39 is 0 Å². The standard InChI is InChI=1S/C21H25Cl2N3O2S2.ClH/c1-21(2,30-25-28)14-26(3)11-12-29-19(27)13-15-7-4-5-10-18(15)24-20-16(22)8-6-9-17(20)23;/h4-10,24H,11-14H2,1-3H3;1H. The summed E-state index contributed by atoms with van der Waals surface area (Å²) in [4.78, 5) is 25.1. The number of carbonyl (C=O) groups is 1. The lowest BCUT2D eigenvalue weighted by Gasteiger charge is -2.26. The number of nitrogens with zero attached hydrogens (tertiary/aromatic N) is 2. The lowest BCUT2D eigenvalue weighted by atomic mass is 10.1. The van der Waals surface area contributed by atoms with Crippen molar-refractivity contribution in [3.63, 3.8) is 0 Å². The van der Waals surface area contributed by atoms with Gasteiger partial charge < -0.3 is 10.2 Å². The second-order valence-electron chi connectivity index (χ2n) is 7.44. The molecule has 0 heterocycles. The van der Waals surface area contributed by atoms with E-state index in [0.29, 0.717) is 34.5 Å². The van der Waals surface area contributed by atoms with Crippen molar-refractivity contribution >= 4 is 75.8 Å². The predicted octanol–water partition coefficient (Wildman–Crippen LogP) is 7.09. The Labute approximate surface area is 208 Å². The summed E-state index contributed by atoms with van der Waals surface area (Å²) in [5.74, 6) is 0.677. The zero-order valence-electron chi connectivity index (χ0n) is 17.6. The van der Waals surface area contributed by atoms with Gasteiger partial charge in [-0.1, -0.05) is 59.2 Å². The van der Waals surface area contributed by atoms with E-state index >= 15 is 0 Å². The SMILES string of the molecule is CN(CCSC(=O)Cc1ccccc1Nc1c(Cl)cccc1Cl)CC(C)(C)SN=O.Cl. The van der Waals surface area contributed by atoms with Crippen LogP contribution in [0.4, 0.5) is 11.4 Å². The van der Waals surface area contributed by atoms with Crippen LogP contribution < -0.4 is 5.32 Å². The molecule has 0 fully saturated rings. The van der Waals surface area contributed by atoms with E-state index in [1.54, 1.807) is 18.2 Å². The summed E-state index contributed by atoms with van der Waals surface area (Å²) in [5, 5.41) is 4.39. The Balaban J connectivity index is 0.00000480. The average molecular weight is 523 g/mol. The molecule has 0 radical (unpaired) electrons. The zero-order valence-corrected chi connectivity index (χ0v) is 21.5. The smallest absolute Gasteiger partial charge is 0.193 e. The minimum absolute atomic E-state index is 0. The molecule has 2 aromatic rings. The summed E-state index contributed by atoms with van der Waals surface area (Å²) in [7, 11) is 1.98. The van der Waals surface area contributed by atoms with Gasteiger partial charge in [0.05, 0.1) is 15.7 Å². The van der Waals surface area contributed by atoms with E-state index in [4.69, 9.17) is 23.2 Å². The molecule has 10 heteroatoms. The molecule has 0 aliphatic heterocycles. The molecule has 0 bridgehead atoms. The number of nitrogens with one attached hydrogen (secondary N) is 1. The first-order valence-corrected chi connectivity index (χ1v) is 11.9. The van der Waals surface area contributed by atoms with Crippen molar-refractivity contribution in [1.29, 1.82) is 0 Å². The first kappa shape index (κ1) is 28.1. The van der Waals surface area contributed by atoms with E-state index in [2.05, 4.69) is 14.8 Å². The number of carbonyl (C=O) groups excluding carboxylic acids is 1. The van der Waals surface area contributed by atoms with Gasteiger partial charge in [0.1, 0.15) is 0 Å². The van der Waals surface area contributed by atoms with Crippen LogP contribution in [-0.2, 0) is 11.2 Å². The van der Waals surface area contributed by atoms with Gasteiger partial charge in [-0.05, 0) is 44.7 Å². The number of thioether (sulfide) groups is 1. The van der Waals surface area contributed by atoms with E-state index in [-0.39, 0.29) is 22.3 Å². The Morgan fingerprint density at radius 2 is 1.77 bits per heavy atom. The fourth-order valence-corrected chi connectivity index (χ4v) is 4.79. The van der Waals surface area contributed by atoms with E-state index in [1.807, 2.05) is 45.2 Å². The lowest BCUT2D eigenvalue weighted by molar-refractivity contribution is -0.110. The van der Waals surface area contributed by atoms with Crippen molar-refractivity contribution in [3.8, 4) is 0 Å². The molecule has 1 N–H and O–H groups in total.